The molecule has 0 heterocycles. The van der Waals surface area contributed by atoms with Gasteiger partial charge in [-0.05, 0) is 123 Å². The van der Waals surface area contributed by atoms with Crippen LogP contribution >= 0.6 is 15.8 Å². The van der Waals surface area contributed by atoms with Crippen molar-refractivity contribution in [2.24, 2.45) is 0 Å². The summed E-state index contributed by atoms with van der Waals surface area (Å²) < 4.78 is 0. The Balaban J connectivity index is -0.000000451. The van der Waals surface area contributed by atoms with Crippen LogP contribution in [0.5, 0.6) is 0 Å². The van der Waals surface area contributed by atoms with Crippen LogP contribution in [0, 0.1) is 0 Å². The summed E-state index contributed by atoms with van der Waals surface area (Å²) in [5, 5.41) is 1.98. The van der Waals surface area contributed by atoms with Gasteiger partial charge in [0, 0.05) is 36.3 Å². The van der Waals surface area contributed by atoms with E-state index in [0.717, 1.165) is 0 Å². The zero-order valence-corrected chi connectivity index (χ0v) is 26.4. The molecule has 0 N–H and O–H groups in total. The van der Waals surface area contributed by atoms with Crippen LogP contribution in [0.1, 0.15) is 111 Å². The van der Waals surface area contributed by atoms with E-state index in [1.807, 2.05) is 0 Å². The summed E-state index contributed by atoms with van der Waals surface area (Å²) in [6.07, 6.45) is 7.45. The molecule has 178 valence electrons. The quantitative estimate of drug-likeness (QED) is 0.191. The van der Waals surface area contributed by atoms with E-state index in [2.05, 4.69) is 123 Å². The second kappa shape index (κ2) is 13.5. The molecule has 0 aliphatic carbocycles. The van der Waals surface area contributed by atoms with E-state index in [1.165, 1.54) is 23.5 Å². The van der Waals surface area contributed by atoms with Gasteiger partial charge < -0.3 is 0 Å². The van der Waals surface area contributed by atoms with Crippen molar-refractivity contribution >= 4 is 15.8 Å². The van der Waals surface area contributed by atoms with Gasteiger partial charge in [-0.1, -0.05) is 11.1 Å². The maximum atomic E-state index is 2.42. The summed E-state index contributed by atoms with van der Waals surface area (Å²) in [7, 11) is -0.694. The molecule has 0 aromatic heterocycles. The van der Waals surface area contributed by atoms with E-state index in [-0.39, 0.29) is 36.3 Å². The topological polar surface area (TPSA) is 0 Å². The Hall–Kier alpha value is 1.00. The van der Waals surface area contributed by atoms with Crippen molar-refractivity contribution in [3.8, 4) is 0 Å². The minimum Gasteiger partial charge on any atom is -0.0769 e. The van der Waals surface area contributed by atoms with Crippen molar-refractivity contribution in [3.05, 3.63) is 23.3 Å². The predicted molar refractivity (Wildman–Crippen MR) is 144 cm³/mol. The summed E-state index contributed by atoms with van der Waals surface area (Å²) >= 11 is 0. The van der Waals surface area contributed by atoms with Gasteiger partial charge in [-0.3, -0.25) is 0 Å². The molecule has 0 aromatic rings. The molecule has 0 aliphatic rings. The number of hydrogen-bond acceptors (Lipinski definition) is 0. The van der Waals surface area contributed by atoms with E-state index < -0.39 is 0 Å². The molecule has 0 nitrogen and oxygen atoms in total. The van der Waals surface area contributed by atoms with Crippen LogP contribution in [0.15, 0.2) is 23.3 Å². The standard InChI is InChI=1S/2C13H27P.Pd/c2*1-11(2)9-10-14(12(3,4)5)13(6,7)8;/h2*9H,10H2,1-8H3;/p+2. The first-order valence-electron chi connectivity index (χ1n) is 11.1. The van der Waals surface area contributed by atoms with E-state index in [9.17, 15) is 0 Å². The van der Waals surface area contributed by atoms with Crippen molar-refractivity contribution in [2.45, 2.75) is 131 Å². The van der Waals surface area contributed by atoms with Gasteiger partial charge in [0.2, 0.25) is 0 Å². The molecule has 0 radical (unpaired) electrons. The Bertz CT molecular complexity index is 419. The van der Waals surface area contributed by atoms with Crippen LogP contribution in [0.2, 0.25) is 0 Å². The first-order valence-corrected chi connectivity index (χ1v) is 14.5. The average Bonchev–Trinajstić information content (AvgIpc) is 2.31. The molecule has 0 aromatic carbocycles. The summed E-state index contributed by atoms with van der Waals surface area (Å²) in [5.41, 5.74) is 2.92. The van der Waals surface area contributed by atoms with Gasteiger partial charge in [0.15, 0.2) is 0 Å². The van der Waals surface area contributed by atoms with Crippen LogP contribution in [0.3, 0.4) is 0 Å². The maximum Gasteiger partial charge on any atom is 0.0763 e. The monoisotopic (exact) mass is 536 g/mol. The van der Waals surface area contributed by atoms with Crippen molar-refractivity contribution < 1.29 is 20.4 Å². The van der Waals surface area contributed by atoms with Gasteiger partial charge in [0.05, 0.1) is 32.9 Å². The van der Waals surface area contributed by atoms with Gasteiger partial charge in [0.1, 0.15) is 0 Å². The molecule has 0 spiro atoms. The molecule has 0 rings (SSSR count). The molecule has 0 saturated heterocycles. The van der Waals surface area contributed by atoms with Crippen molar-refractivity contribution in [2.75, 3.05) is 12.3 Å². The molecule has 29 heavy (non-hydrogen) atoms. The fraction of sp³-hybridized carbons (Fsp3) is 0.846. The first-order chi connectivity index (χ1) is 12.1. The third-order valence-corrected chi connectivity index (χ3v) is 13.5. The van der Waals surface area contributed by atoms with E-state index in [1.54, 1.807) is 0 Å². The van der Waals surface area contributed by atoms with Gasteiger partial charge in [0.25, 0.3) is 0 Å². The number of rotatable bonds is 4. The molecule has 0 aliphatic heterocycles. The van der Waals surface area contributed by atoms with Gasteiger partial charge in [-0.2, -0.15) is 0 Å². The van der Waals surface area contributed by atoms with Gasteiger partial charge in [-0.15, -0.1) is 0 Å². The molecule has 0 atom stereocenters. The van der Waals surface area contributed by atoms with Crippen LogP contribution < -0.4 is 0 Å². The third-order valence-electron chi connectivity index (χ3n) is 5.05. The third kappa shape index (κ3) is 17.3. The summed E-state index contributed by atoms with van der Waals surface area (Å²) in [5.74, 6) is 0. The first kappa shape index (κ1) is 34.6. The Morgan fingerprint density at radius 3 is 0.759 bits per heavy atom. The summed E-state index contributed by atoms with van der Waals surface area (Å²) in [6.45, 7) is 37.5. The second-order valence-corrected chi connectivity index (χ2v) is 21.7. The van der Waals surface area contributed by atoms with Crippen LogP contribution in [-0.4, -0.2) is 32.9 Å². The summed E-state index contributed by atoms with van der Waals surface area (Å²) in [4.78, 5) is 0. The van der Waals surface area contributed by atoms with Crippen molar-refractivity contribution in [1.29, 1.82) is 0 Å². The van der Waals surface area contributed by atoms with Crippen LogP contribution in [0.4, 0.5) is 0 Å². The number of hydrogen-bond donors (Lipinski definition) is 0. The van der Waals surface area contributed by atoms with Gasteiger partial charge >= 0.3 is 0 Å². The fourth-order valence-corrected chi connectivity index (χ4v) is 12.3. The van der Waals surface area contributed by atoms with Crippen molar-refractivity contribution in [1.82, 2.24) is 0 Å². The Labute approximate surface area is 202 Å². The SMILES string of the molecule is CC(C)=CC[PH+](C(C)(C)C)C(C)(C)C.CC(C)=CC[PH+](C(C)(C)C)C(C)(C)C.[Pd]. The minimum absolute atomic E-state index is 0. The Morgan fingerprint density at radius 2 is 0.655 bits per heavy atom. The van der Waals surface area contributed by atoms with E-state index in [0.29, 0.717) is 20.6 Å². The van der Waals surface area contributed by atoms with Gasteiger partial charge in [-0.25, -0.2) is 0 Å². The Kier molecular flexibility index (Phi) is 16.1. The van der Waals surface area contributed by atoms with Crippen molar-refractivity contribution in [3.63, 3.8) is 0 Å². The molecule has 0 unspecified atom stereocenters. The van der Waals surface area contributed by atoms with E-state index >= 15 is 0 Å². The Morgan fingerprint density at radius 1 is 0.483 bits per heavy atom. The molecular formula is C26H56P2Pd+2. The maximum absolute atomic E-state index is 2.42. The largest absolute Gasteiger partial charge is 0.0769 e. The zero-order valence-electron chi connectivity index (χ0n) is 22.9. The fourth-order valence-electron chi connectivity index (χ4n) is 4.09. The minimum atomic E-state index is -0.347. The molecule has 0 amide bonds. The summed E-state index contributed by atoms with van der Waals surface area (Å²) in [6, 6.07) is 0. The second-order valence-electron chi connectivity index (χ2n) is 12.9. The van der Waals surface area contributed by atoms with E-state index in [4.69, 9.17) is 0 Å². The molecule has 0 bridgehead atoms. The smallest absolute Gasteiger partial charge is 0.0763 e. The van der Waals surface area contributed by atoms with Crippen LogP contribution in [0.25, 0.3) is 0 Å². The predicted octanol–water partition coefficient (Wildman–Crippen LogP) is 9.53. The molecule has 0 saturated carbocycles. The normalized spacial score (nSPS) is 12.8. The van der Waals surface area contributed by atoms with Crippen LogP contribution in [-0.2, 0) is 20.4 Å². The average molecular weight is 537 g/mol. The molecule has 0 fully saturated rings. The number of allylic oxidation sites excluding steroid dienone is 4. The molecular weight excluding hydrogens is 481 g/mol. The molecule has 3 heteroatoms. The zero-order chi connectivity index (χ0) is 23.1.